The first-order valence-electron chi connectivity index (χ1n) is 11.1. The molecule has 3 aromatic carbocycles. The predicted octanol–water partition coefficient (Wildman–Crippen LogP) is 4.71. The van der Waals surface area contributed by atoms with E-state index in [0.29, 0.717) is 6.47 Å². The Hall–Kier alpha value is -1.97. The van der Waals surface area contributed by atoms with Gasteiger partial charge in [0.25, 0.3) is 0 Å². The molecule has 6 radical (unpaired) electrons. The van der Waals surface area contributed by atoms with Gasteiger partial charge in [-0.1, -0.05) is 41.1 Å². The molecular formula is C31H31O4RuSn+. The minimum absolute atomic E-state index is 0. The number of hydrogen-bond donors (Lipinski definition) is 1. The molecule has 6 heteroatoms. The monoisotopic (exact) mass is 689 g/mol. The van der Waals surface area contributed by atoms with Crippen LogP contribution in [0.25, 0.3) is 0 Å². The molecule has 4 nitrogen and oxygen atoms in total. The van der Waals surface area contributed by atoms with Crippen LogP contribution >= 0.6 is 0 Å². The molecule has 1 fully saturated rings. The molecule has 0 atom stereocenters. The maximum atomic E-state index is 8.24. The third kappa shape index (κ3) is 12.0. The molecule has 0 spiro atoms. The Kier molecular flexibility index (Phi) is 22.2. The van der Waals surface area contributed by atoms with Gasteiger partial charge in [-0.25, -0.2) is 0 Å². The van der Waals surface area contributed by atoms with Crippen LogP contribution in [0.4, 0.5) is 0 Å². The van der Waals surface area contributed by atoms with Crippen molar-refractivity contribution in [2.75, 3.05) is 0 Å². The third-order valence-corrected chi connectivity index (χ3v) is 13.8. The second kappa shape index (κ2) is 22.1. The topological polar surface area (TPSA) is 77.1 Å². The SMILES string of the molecule is C[C]1[C](C)[C](C)[C](C)[C]1C.O=[C-]O.[C-]#[O+].[C-]#[O+].[Ru+2].c1cc[c]([Sn]([c]2ccccc2)[c]2ccccc2)cc1. The van der Waals surface area contributed by atoms with Crippen molar-refractivity contribution >= 4 is 37.0 Å². The zero-order valence-electron chi connectivity index (χ0n) is 21.7. The van der Waals surface area contributed by atoms with E-state index in [1.54, 1.807) is 0 Å². The third-order valence-electron chi connectivity index (χ3n) is 6.00. The van der Waals surface area contributed by atoms with E-state index in [1.165, 1.54) is 40.3 Å². The molecule has 0 bridgehead atoms. The molecule has 1 aliphatic rings. The zero-order valence-corrected chi connectivity index (χ0v) is 26.3. The standard InChI is InChI=1S/C10H15.3C6H5.CHO2.2CO.Ru.Sn/c1-6-7(2)9(4)10(5)8(6)3;3*1-2-4-6-5-3-1;2-1-3;2*1-2;;/h1-5H3;3*1-5H;(H,2,3);;;;/q;;;;-1;;;+2;. The summed E-state index contributed by atoms with van der Waals surface area (Å²) in [7, 11) is 0. The first-order chi connectivity index (χ1) is 17.4. The van der Waals surface area contributed by atoms with E-state index in [0.717, 1.165) is 0 Å². The number of rotatable bonds is 3. The molecule has 0 amide bonds. The number of hydrogen-bond acceptors (Lipinski definition) is 1. The Morgan fingerprint density at radius 1 is 0.541 bits per heavy atom. The molecule has 1 N–H and O–H groups in total. The summed E-state index contributed by atoms with van der Waals surface area (Å²) >= 11 is -1.98. The van der Waals surface area contributed by atoms with Crippen molar-refractivity contribution in [2.24, 2.45) is 0 Å². The molecule has 0 aromatic heterocycles. The molecule has 1 saturated carbocycles. The van der Waals surface area contributed by atoms with Crippen LogP contribution in [0, 0.1) is 42.9 Å². The first kappa shape index (κ1) is 37.2. The van der Waals surface area contributed by atoms with Crippen LogP contribution in [0.5, 0.6) is 0 Å². The predicted molar refractivity (Wildman–Crippen MR) is 145 cm³/mol. The Bertz CT molecular complexity index is 851. The average Bonchev–Trinajstić information content (AvgIpc) is 3.11. The van der Waals surface area contributed by atoms with Gasteiger partial charge in [0.15, 0.2) is 0 Å². The Balaban J connectivity index is 0. The summed E-state index contributed by atoms with van der Waals surface area (Å²) in [5, 5.41) is 6.76. The molecule has 0 saturated heterocycles. The van der Waals surface area contributed by atoms with Gasteiger partial charge in [0, 0.05) is 0 Å². The molecule has 3 aromatic rings. The van der Waals surface area contributed by atoms with Crippen molar-refractivity contribution in [1.29, 1.82) is 0 Å². The van der Waals surface area contributed by atoms with E-state index in [9.17, 15) is 0 Å². The average molecular weight is 687 g/mol. The van der Waals surface area contributed by atoms with Crippen molar-refractivity contribution in [3.8, 4) is 0 Å². The van der Waals surface area contributed by atoms with Crippen LogP contribution in [-0.2, 0) is 33.6 Å². The molecule has 190 valence electrons. The van der Waals surface area contributed by atoms with E-state index >= 15 is 0 Å². The quantitative estimate of drug-likeness (QED) is 0.246. The molecule has 4 rings (SSSR count). The Morgan fingerprint density at radius 2 is 0.703 bits per heavy atom. The van der Waals surface area contributed by atoms with Gasteiger partial charge in [-0.3, -0.25) is 0 Å². The summed E-state index contributed by atoms with van der Waals surface area (Å²) in [5.41, 5.74) is 0. The fraction of sp³-hybridized carbons (Fsp3) is 0.161. The van der Waals surface area contributed by atoms with E-state index in [-0.39, 0.29) is 19.5 Å². The zero-order chi connectivity index (χ0) is 27.5. The van der Waals surface area contributed by atoms with Crippen molar-refractivity contribution < 1.29 is 38.7 Å². The summed E-state index contributed by atoms with van der Waals surface area (Å²) in [6, 6.07) is 32.9. The van der Waals surface area contributed by atoms with Crippen LogP contribution < -0.4 is 10.7 Å². The fourth-order valence-electron chi connectivity index (χ4n) is 3.72. The minimum atomic E-state index is -1.98. The van der Waals surface area contributed by atoms with Gasteiger partial charge >= 0.3 is 164 Å². The van der Waals surface area contributed by atoms with Crippen LogP contribution in [0.15, 0.2) is 91.0 Å². The van der Waals surface area contributed by atoms with E-state index in [4.69, 9.17) is 19.2 Å². The van der Waals surface area contributed by atoms with Gasteiger partial charge < -0.3 is 9.90 Å². The summed E-state index contributed by atoms with van der Waals surface area (Å²) in [4.78, 5) is 8.24. The van der Waals surface area contributed by atoms with Gasteiger partial charge in [-0.2, -0.15) is 0 Å². The van der Waals surface area contributed by atoms with E-state index in [2.05, 4.69) is 139 Å². The summed E-state index contributed by atoms with van der Waals surface area (Å²) in [5.74, 6) is 7.34. The van der Waals surface area contributed by atoms with Crippen LogP contribution in [-0.4, -0.2) is 31.3 Å². The van der Waals surface area contributed by atoms with Gasteiger partial charge in [0.05, 0.1) is 0 Å². The van der Waals surface area contributed by atoms with Crippen molar-refractivity contribution in [2.45, 2.75) is 34.6 Å². The fourth-order valence-corrected chi connectivity index (χ4v) is 11.1. The summed E-state index contributed by atoms with van der Waals surface area (Å²) in [6.07, 6.45) is 0. The van der Waals surface area contributed by atoms with E-state index < -0.39 is 19.8 Å². The van der Waals surface area contributed by atoms with Gasteiger partial charge in [0.2, 0.25) is 0 Å². The van der Waals surface area contributed by atoms with Crippen LogP contribution in [0.1, 0.15) is 34.6 Å². The normalized spacial score (nSPS) is 13.6. The summed E-state index contributed by atoms with van der Waals surface area (Å²) < 4.78 is 19.6. The van der Waals surface area contributed by atoms with Crippen molar-refractivity contribution in [3.05, 3.63) is 134 Å². The van der Waals surface area contributed by atoms with Crippen molar-refractivity contribution in [1.82, 2.24) is 0 Å². The first-order valence-corrected chi connectivity index (χ1v) is 15.3. The van der Waals surface area contributed by atoms with Crippen LogP contribution in [0.2, 0.25) is 0 Å². The molecule has 0 heterocycles. The van der Waals surface area contributed by atoms with Crippen molar-refractivity contribution in [3.63, 3.8) is 0 Å². The Morgan fingerprint density at radius 3 is 0.865 bits per heavy atom. The van der Waals surface area contributed by atoms with Gasteiger partial charge in [-0.15, -0.1) is 0 Å². The maximum absolute atomic E-state index is 8.24. The van der Waals surface area contributed by atoms with E-state index in [1.807, 2.05) is 0 Å². The number of benzene rings is 3. The summed E-state index contributed by atoms with van der Waals surface area (Å²) in [6.45, 7) is 20.5. The molecular weight excluding hydrogens is 656 g/mol. The molecule has 0 aliphatic heterocycles. The van der Waals surface area contributed by atoms with Gasteiger partial charge in [-0.05, 0) is 29.6 Å². The van der Waals surface area contributed by atoms with Crippen LogP contribution in [0.3, 0.4) is 0 Å². The second-order valence-corrected chi connectivity index (χ2v) is 14.8. The second-order valence-electron chi connectivity index (χ2n) is 7.69. The Labute approximate surface area is 242 Å². The number of aliphatic hydroxyl groups excluding tert-OH is 1. The van der Waals surface area contributed by atoms with Gasteiger partial charge in [0.1, 0.15) is 0 Å². The molecule has 0 unspecified atom stereocenters. The molecule has 1 aliphatic carbocycles. The molecule has 37 heavy (non-hydrogen) atoms.